The number of aromatic nitrogens is 1. The highest BCUT2D eigenvalue weighted by Crippen LogP contribution is 2.28. The summed E-state index contributed by atoms with van der Waals surface area (Å²) in [6.07, 6.45) is 3.24. The molecule has 3 nitrogen and oxygen atoms in total. The summed E-state index contributed by atoms with van der Waals surface area (Å²) in [4.78, 5) is 16.5. The summed E-state index contributed by atoms with van der Waals surface area (Å²) >= 11 is 0. The van der Waals surface area contributed by atoms with E-state index in [9.17, 15) is 4.79 Å². The standard InChI is InChI=1S/C18H15N2OP/c21-18(15-8-7-13-19-14-15)20-22(16-9-3-1-4-10-16)17-11-5-2-6-12-17/h1-14H,(H,20,21). The van der Waals surface area contributed by atoms with Gasteiger partial charge in [0.15, 0.2) is 0 Å². The van der Waals surface area contributed by atoms with Crippen molar-refractivity contribution in [1.82, 2.24) is 10.1 Å². The van der Waals surface area contributed by atoms with E-state index in [4.69, 9.17) is 0 Å². The van der Waals surface area contributed by atoms with Gasteiger partial charge >= 0.3 is 0 Å². The summed E-state index contributed by atoms with van der Waals surface area (Å²) in [6, 6.07) is 23.6. The fourth-order valence-corrected chi connectivity index (χ4v) is 3.92. The summed E-state index contributed by atoms with van der Waals surface area (Å²) in [5, 5.41) is 5.38. The second-order valence-corrected chi connectivity index (χ2v) is 6.62. The molecule has 1 aromatic heterocycles. The molecule has 2 aromatic carbocycles. The molecule has 0 bridgehead atoms. The lowest BCUT2D eigenvalue weighted by molar-refractivity contribution is 0.0982. The molecule has 1 amide bonds. The predicted octanol–water partition coefficient (Wildman–Crippen LogP) is 2.86. The van der Waals surface area contributed by atoms with Gasteiger partial charge in [-0.1, -0.05) is 60.7 Å². The number of amides is 1. The smallest absolute Gasteiger partial charge is 0.256 e. The first kappa shape index (κ1) is 14.4. The highest BCUT2D eigenvalue weighted by molar-refractivity contribution is 7.71. The van der Waals surface area contributed by atoms with Gasteiger partial charge in [0, 0.05) is 23.0 Å². The Bertz CT molecular complexity index is 693. The first-order valence-corrected chi connectivity index (χ1v) is 8.30. The largest absolute Gasteiger partial charge is 0.323 e. The Morgan fingerprint density at radius 1 is 0.818 bits per heavy atom. The zero-order valence-electron chi connectivity index (χ0n) is 11.9. The highest BCUT2D eigenvalue weighted by Gasteiger charge is 2.17. The summed E-state index contributed by atoms with van der Waals surface area (Å²) in [5.74, 6) is -0.105. The van der Waals surface area contributed by atoms with Crippen LogP contribution in [0.15, 0.2) is 85.2 Å². The number of nitrogens with zero attached hydrogens (tertiary/aromatic N) is 1. The summed E-state index contributed by atoms with van der Waals surface area (Å²) in [7, 11) is -0.941. The molecule has 4 heteroatoms. The van der Waals surface area contributed by atoms with Crippen molar-refractivity contribution in [3.63, 3.8) is 0 Å². The maximum Gasteiger partial charge on any atom is 0.256 e. The van der Waals surface area contributed by atoms with Gasteiger partial charge in [0.05, 0.1) is 13.6 Å². The van der Waals surface area contributed by atoms with Gasteiger partial charge in [-0.3, -0.25) is 9.78 Å². The molecule has 0 spiro atoms. The maximum atomic E-state index is 12.5. The Hall–Kier alpha value is -2.51. The molecule has 0 aliphatic carbocycles. The monoisotopic (exact) mass is 306 g/mol. The third-order valence-corrected chi connectivity index (χ3v) is 5.22. The van der Waals surface area contributed by atoms with Gasteiger partial charge in [0.1, 0.15) is 0 Å². The van der Waals surface area contributed by atoms with Crippen molar-refractivity contribution in [3.05, 3.63) is 90.8 Å². The van der Waals surface area contributed by atoms with Crippen molar-refractivity contribution in [1.29, 1.82) is 0 Å². The van der Waals surface area contributed by atoms with E-state index >= 15 is 0 Å². The molecule has 0 aliphatic heterocycles. The molecule has 0 unspecified atom stereocenters. The quantitative estimate of drug-likeness (QED) is 0.753. The van der Waals surface area contributed by atoms with Crippen LogP contribution in [0.5, 0.6) is 0 Å². The lowest BCUT2D eigenvalue weighted by Crippen LogP contribution is -2.28. The maximum absolute atomic E-state index is 12.5. The normalized spacial score (nSPS) is 10.4. The lowest BCUT2D eigenvalue weighted by Gasteiger charge is -2.19. The van der Waals surface area contributed by atoms with Gasteiger partial charge in [0.2, 0.25) is 0 Å². The Morgan fingerprint density at radius 2 is 1.41 bits per heavy atom. The number of pyridine rings is 1. The van der Waals surface area contributed by atoms with Gasteiger partial charge in [0.25, 0.3) is 5.91 Å². The minimum atomic E-state index is -0.941. The molecule has 1 heterocycles. The SMILES string of the molecule is O=C(NP(c1ccccc1)c1ccccc1)c1cccnc1. The number of benzene rings is 2. The highest BCUT2D eigenvalue weighted by atomic mass is 31.1. The summed E-state index contributed by atoms with van der Waals surface area (Å²) < 4.78 is 0. The van der Waals surface area contributed by atoms with Crippen LogP contribution in [0.3, 0.4) is 0 Å². The molecule has 0 saturated carbocycles. The number of carbonyl (C=O) groups excluding carboxylic acids is 1. The van der Waals surface area contributed by atoms with Crippen LogP contribution in [0.1, 0.15) is 10.4 Å². The van der Waals surface area contributed by atoms with Crippen LogP contribution in [0, 0.1) is 0 Å². The fraction of sp³-hybridized carbons (Fsp3) is 0. The second-order valence-electron chi connectivity index (χ2n) is 4.69. The minimum absolute atomic E-state index is 0.105. The van der Waals surface area contributed by atoms with E-state index in [1.807, 2.05) is 60.7 Å². The van der Waals surface area contributed by atoms with E-state index in [1.165, 1.54) is 0 Å². The molecule has 3 aromatic rings. The molecule has 0 atom stereocenters. The Morgan fingerprint density at radius 3 is 1.91 bits per heavy atom. The zero-order valence-corrected chi connectivity index (χ0v) is 12.8. The van der Waals surface area contributed by atoms with Crippen molar-refractivity contribution in [2.45, 2.75) is 0 Å². The van der Waals surface area contributed by atoms with Crippen LogP contribution in [0.4, 0.5) is 0 Å². The zero-order chi connectivity index (χ0) is 15.2. The van der Waals surface area contributed by atoms with E-state index in [0.717, 1.165) is 10.6 Å². The Balaban J connectivity index is 1.91. The van der Waals surface area contributed by atoms with E-state index in [1.54, 1.807) is 24.5 Å². The van der Waals surface area contributed by atoms with Crippen molar-refractivity contribution < 1.29 is 4.79 Å². The molecule has 0 saturated heterocycles. The fourth-order valence-electron chi connectivity index (χ4n) is 2.10. The Labute approximate surface area is 130 Å². The van der Waals surface area contributed by atoms with E-state index in [0.29, 0.717) is 5.56 Å². The number of hydrogen-bond acceptors (Lipinski definition) is 2. The average molecular weight is 306 g/mol. The van der Waals surface area contributed by atoms with Gasteiger partial charge in [-0.05, 0) is 12.1 Å². The topological polar surface area (TPSA) is 42.0 Å². The molecule has 0 aliphatic rings. The molecule has 0 fully saturated rings. The van der Waals surface area contributed by atoms with E-state index in [-0.39, 0.29) is 5.91 Å². The molecule has 22 heavy (non-hydrogen) atoms. The van der Waals surface area contributed by atoms with Crippen LogP contribution >= 0.6 is 8.07 Å². The molecule has 0 radical (unpaired) electrons. The number of rotatable bonds is 4. The second kappa shape index (κ2) is 6.97. The van der Waals surface area contributed by atoms with Crippen molar-refractivity contribution >= 4 is 24.6 Å². The summed E-state index contributed by atoms with van der Waals surface area (Å²) in [6.45, 7) is 0. The lowest BCUT2D eigenvalue weighted by atomic mass is 10.3. The van der Waals surface area contributed by atoms with E-state index in [2.05, 4.69) is 10.1 Å². The minimum Gasteiger partial charge on any atom is -0.323 e. The molecule has 1 N–H and O–H groups in total. The first-order chi connectivity index (χ1) is 10.8. The van der Waals surface area contributed by atoms with E-state index < -0.39 is 8.07 Å². The number of nitrogens with one attached hydrogen (secondary N) is 1. The summed E-state index contributed by atoms with van der Waals surface area (Å²) in [5.41, 5.74) is 0.571. The third kappa shape index (κ3) is 3.38. The number of hydrogen-bond donors (Lipinski definition) is 1. The van der Waals surface area contributed by atoms with Crippen LogP contribution in [-0.2, 0) is 0 Å². The number of carbonyl (C=O) groups is 1. The molecule has 3 rings (SSSR count). The molecular formula is C18H15N2OP. The van der Waals surface area contributed by atoms with Gasteiger partial charge in [-0.2, -0.15) is 0 Å². The molecular weight excluding hydrogens is 291 g/mol. The van der Waals surface area contributed by atoms with Crippen LogP contribution in [0.2, 0.25) is 0 Å². The predicted molar refractivity (Wildman–Crippen MR) is 90.8 cm³/mol. The van der Waals surface area contributed by atoms with Crippen LogP contribution < -0.4 is 15.7 Å². The van der Waals surface area contributed by atoms with Crippen molar-refractivity contribution in [3.8, 4) is 0 Å². The van der Waals surface area contributed by atoms with Gasteiger partial charge < -0.3 is 5.09 Å². The third-order valence-electron chi connectivity index (χ3n) is 3.17. The van der Waals surface area contributed by atoms with Gasteiger partial charge in [-0.15, -0.1) is 0 Å². The van der Waals surface area contributed by atoms with Crippen LogP contribution in [0.25, 0.3) is 0 Å². The Kier molecular flexibility index (Phi) is 4.57. The average Bonchev–Trinajstić information content (AvgIpc) is 2.62. The first-order valence-electron chi connectivity index (χ1n) is 6.96. The van der Waals surface area contributed by atoms with Crippen molar-refractivity contribution in [2.24, 2.45) is 0 Å². The van der Waals surface area contributed by atoms with Crippen molar-refractivity contribution in [2.75, 3.05) is 0 Å². The van der Waals surface area contributed by atoms with Gasteiger partial charge in [-0.25, -0.2) is 0 Å². The molecule has 108 valence electrons. The van der Waals surface area contributed by atoms with Crippen LogP contribution in [-0.4, -0.2) is 10.9 Å².